The molecule has 0 amide bonds. The number of hydrogen-bond donors (Lipinski definition) is 2. The Labute approximate surface area is 114 Å². The van der Waals surface area contributed by atoms with E-state index in [0.29, 0.717) is 12.2 Å². The minimum atomic E-state index is -0.750. The number of aryl methyl sites for hydroxylation is 1. The van der Waals surface area contributed by atoms with Gasteiger partial charge in [-0.25, -0.2) is 0 Å². The Balaban J connectivity index is 2.42. The minimum absolute atomic E-state index is 0.175. The fraction of sp³-hybridized carbons (Fsp3) is 0.562. The number of phenols is 1. The molecule has 0 atom stereocenters. The van der Waals surface area contributed by atoms with Crippen molar-refractivity contribution in [3.63, 3.8) is 0 Å². The fourth-order valence-electron chi connectivity index (χ4n) is 3.09. The molecule has 1 aliphatic carbocycles. The summed E-state index contributed by atoms with van der Waals surface area (Å²) in [5.74, 6) is -0.336. The maximum absolute atomic E-state index is 10.8. The van der Waals surface area contributed by atoms with Crippen molar-refractivity contribution in [3.05, 3.63) is 28.3 Å². The fourth-order valence-corrected chi connectivity index (χ4v) is 3.09. The van der Waals surface area contributed by atoms with Crippen LogP contribution in [0.2, 0.25) is 0 Å². The lowest BCUT2D eigenvalue weighted by Crippen LogP contribution is -2.11. The van der Waals surface area contributed by atoms with Gasteiger partial charge in [-0.1, -0.05) is 13.3 Å². The van der Waals surface area contributed by atoms with Crippen LogP contribution >= 0.6 is 0 Å². The highest BCUT2D eigenvalue weighted by Crippen LogP contribution is 2.35. The number of benzene rings is 1. The standard InChI is InChI=1S/C16H22O3/c1-2-5-11-10-15(17)14-7-4-3-6-13(14)12(11)8-9-16(18)19/h10,17H,2-9H2,1H3,(H,18,19). The maximum atomic E-state index is 10.8. The molecule has 0 saturated carbocycles. The Morgan fingerprint density at radius 3 is 2.53 bits per heavy atom. The maximum Gasteiger partial charge on any atom is 0.303 e. The number of carboxylic acid groups (broad SMARTS) is 1. The van der Waals surface area contributed by atoms with E-state index in [1.54, 1.807) is 0 Å². The van der Waals surface area contributed by atoms with E-state index in [9.17, 15) is 9.90 Å². The molecule has 0 aromatic heterocycles. The predicted molar refractivity (Wildman–Crippen MR) is 74.7 cm³/mol. The van der Waals surface area contributed by atoms with Crippen LogP contribution in [0.15, 0.2) is 6.07 Å². The van der Waals surface area contributed by atoms with Gasteiger partial charge in [0.25, 0.3) is 0 Å². The molecule has 104 valence electrons. The monoisotopic (exact) mass is 262 g/mol. The highest BCUT2D eigenvalue weighted by atomic mass is 16.4. The number of aliphatic carboxylic acids is 1. The van der Waals surface area contributed by atoms with Crippen LogP contribution in [-0.4, -0.2) is 16.2 Å². The van der Waals surface area contributed by atoms with E-state index >= 15 is 0 Å². The van der Waals surface area contributed by atoms with Gasteiger partial charge in [0.05, 0.1) is 0 Å². The summed E-state index contributed by atoms with van der Waals surface area (Å²) in [6, 6.07) is 1.87. The van der Waals surface area contributed by atoms with Gasteiger partial charge in [0.2, 0.25) is 0 Å². The minimum Gasteiger partial charge on any atom is -0.508 e. The normalized spacial score (nSPS) is 14.2. The van der Waals surface area contributed by atoms with Gasteiger partial charge in [0.15, 0.2) is 0 Å². The molecule has 0 aliphatic heterocycles. The van der Waals surface area contributed by atoms with Gasteiger partial charge in [0.1, 0.15) is 5.75 Å². The molecule has 1 aliphatic rings. The Morgan fingerprint density at radius 1 is 1.21 bits per heavy atom. The number of aromatic hydroxyl groups is 1. The van der Waals surface area contributed by atoms with Gasteiger partial charge in [-0.2, -0.15) is 0 Å². The smallest absolute Gasteiger partial charge is 0.303 e. The molecule has 0 heterocycles. The Kier molecular flexibility index (Phi) is 4.46. The second-order valence-corrected chi connectivity index (χ2v) is 5.34. The summed E-state index contributed by atoms with van der Waals surface area (Å²) in [7, 11) is 0. The Bertz CT molecular complexity index is 477. The third kappa shape index (κ3) is 3.09. The molecule has 0 saturated heterocycles. The molecule has 2 rings (SSSR count). The summed E-state index contributed by atoms with van der Waals surface area (Å²) in [4.78, 5) is 10.8. The predicted octanol–water partition coefficient (Wildman–Crippen LogP) is 3.24. The molecule has 0 bridgehead atoms. The average Bonchev–Trinajstić information content (AvgIpc) is 2.38. The van der Waals surface area contributed by atoms with Crippen molar-refractivity contribution < 1.29 is 15.0 Å². The van der Waals surface area contributed by atoms with Gasteiger partial charge < -0.3 is 10.2 Å². The van der Waals surface area contributed by atoms with Crippen LogP contribution < -0.4 is 0 Å². The molecule has 0 spiro atoms. The zero-order valence-electron chi connectivity index (χ0n) is 11.5. The molecular formula is C16H22O3. The summed E-state index contributed by atoms with van der Waals surface area (Å²) in [5, 5.41) is 19.1. The van der Waals surface area contributed by atoms with Crippen molar-refractivity contribution in [3.8, 4) is 5.75 Å². The van der Waals surface area contributed by atoms with Crippen molar-refractivity contribution in [1.29, 1.82) is 0 Å². The van der Waals surface area contributed by atoms with Crippen LogP contribution in [0.25, 0.3) is 0 Å². The highest BCUT2D eigenvalue weighted by molar-refractivity contribution is 5.67. The molecule has 3 nitrogen and oxygen atoms in total. The second kappa shape index (κ2) is 6.09. The molecule has 0 radical (unpaired) electrons. The third-order valence-electron chi connectivity index (χ3n) is 3.95. The second-order valence-electron chi connectivity index (χ2n) is 5.34. The van der Waals surface area contributed by atoms with Crippen LogP contribution in [0.4, 0.5) is 0 Å². The van der Waals surface area contributed by atoms with Crippen molar-refractivity contribution in [1.82, 2.24) is 0 Å². The molecule has 19 heavy (non-hydrogen) atoms. The van der Waals surface area contributed by atoms with E-state index in [-0.39, 0.29) is 6.42 Å². The summed E-state index contributed by atoms with van der Waals surface area (Å²) >= 11 is 0. The van der Waals surface area contributed by atoms with Crippen molar-refractivity contribution in [2.24, 2.45) is 0 Å². The number of phenolic OH excluding ortho intramolecular Hbond substituents is 1. The van der Waals surface area contributed by atoms with E-state index in [1.807, 2.05) is 6.07 Å². The molecule has 0 unspecified atom stereocenters. The molecule has 2 N–H and O–H groups in total. The van der Waals surface area contributed by atoms with E-state index < -0.39 is 5.97 Å². The molecule has 1 aromatic carbocycles. The Hall–Kier alpha value is -1.51. The van der Waals surface area contributed by atoms with Gasteiger partial charge in [0, 0.05) is 6.42 Å². The number of rotatable bonds is 5. The molecular weight excluding hydrogens is 240 g/mol. The van der Waals surface area contributed by atoms with Gasteiger partial charge in [-0.05, 0) is 66.8 Å². The van der Waals surface area contributed by atoms with E-state index in [4.69, 9.17) is 5.11 Å². The molecule has 3 heteroatoms. The summed E-state index contributed by atoms with van der Waals surface area (Å²) in [6.45, 7) is 2.11. The largest absolute Gasteiger partial charge is 0.508 e. The molecule has 1 aromatic rings. The third-order valence-corrected chi connectivity index (χ3v) is 3.95. The lowest BCUT2D eigenvalue weighted by Gasteiger charge is -2.23. The zero-order chi connectivity index (χ0) is 13.8. The van der Waals surface area contributed by atoms with Crippen LogP contribution in [0.3, 0.4) is 0 Å². The van der Waals surface area contributed by atoms with Gasteiger partial charge in [-0.3, -0.25) is 4.79 Å². The SMILES string of the molecule is CCCc1cc(O)c2c(c1CCC(=O)O)CCCC2. The lowest BCUT2D eigenvalue weighted by atomic mass is 9.83. The molecule has 0 fully saturated rings. The van der Waals surface area contributed by atoms with E-state index in [2.05, 4.69) is 6.92 Å². The summed E-state index contributed by atoms with van der Waals surface area (Å²) < 4.78 is 0. The first-order chi connectivity index (χ1) is 9.13. The first-order valence-electron chi connectivity index (χ1n) is 7.20. The summed E-state index contributed by atoms with van der Waals surface area (Å²) in [6.07, 6.45) is 6.85. The van der Waals surface area contributed by atoms with Crippen LogP contribution in [0.5, 0.6) is 5.75 Å². The van der Waals surface area contributed by atoms with Crippen molar-refractivity contribution >= 4 is 5.97 Å². The number of fused-ring (bicyclic) bond motifs is 1. The van der Waals surface area contributed by atoms with Gasteiger partial charge >= 0.3 is 5.97 Å². The van der Waals surface area contributed by atoms with E-state index in [1.165, 1.54) is 11.1 Å². The number of carbonyl (C=O) groups is 1. The quantitative estimate of drug-likeness (QED) is 0.856. The summed E-state index contributed by atoms with van der Waals surface area (Å²) in [5.41, 5.74) is 4.63. The van der Waals surface area contributed by atoms with Crippen molar-refractivity contribution in [2.75, 3.05) is 0 Å². The first kappa shape index (κ1) is 13.9. The topological polar surface area (TPSA) is 57.5 Å². The van der Waals surface area contributed by atoms with E-state index in [0.717, 1.165) is 49.7 Å². The zero-order valence-corrected chi connectivity index (χ0v) is 11.5. The lowest BCUT2D eigenvalue weighted by molar-refractivity contribution is -0.136. The number of hydrogen-bond acceptors (Lipinski definition) is 2. The van der Waals surface area contributed by atoms with Crippen LogP contribution in [0.1, 0.15) is 54.9 Å². The van der Waals surface area contributed by atoms with Gasteiger partial charge in [-0.15, -0.1) is 0 Å². The highest BCUT2D eigenvalue weighted by Gasteiger charge is 2.20. The Morgan fingerprint density at radius 2 is 1.89 bits per heavy atom. The van der Waals surface area contributed by atoms with Crippen LogP contribution in [0, 0.1) is 0 Å². The average molecular weight is 262 g/mol. The first-order valence-corrected chi connectivity index (χ1v) is 7.20. The van der Waals surface area contributed by atoms with Crippen molar-refractivity contribution in [2.45, 2.75) is 58.3 Å². The van der Waals surface area contributed by atoms with Crippen LogP contribution in [-0.2, 0) is 30.5 Å². The number of carboxylic acids is 1.